The normalized spacial score (nSPS) is 14.6. The summed E-state index contributed by atoms with van der Waals surface area (Å²) in [5, 5.41) is 0.905. The molecule has 6 heteroatoms. The molecule has 4 rings (SSSR count). The minimum atomic E-state index is -0.0750. The Hall–Kier alpha value is -2.30. The highest BCUT2D eigenvalue weighted by Gasteiger charge is 2.22. The van der Waals surface area contributed by atoms with Crippen molar-refractivity contribution >= 4 is 45.7 Å². The van der Waals surface area contributed by atoms with Gasteiger partial charge in [0.15, 0.2) is 0 Å². The maximum atomic E-state index is 12.7. The Bertz CT molecular complexity index is 993. The van der Waals surface area contributed by atoms with E-state index in [4.69, 9.17) is 23.2 Å². The smallest absolute Gasteiger partial charge is 0.255 e. The van der Waals surface area contributed by atoms with Gasteiger partial charge in [-0.15, -0.1) is 0 Å². The molecule has 2 aromatic heterocycles. The Morgan fingerprint density at radius 2 is 2.12 bits per heavy atom. The molecule has 4 nitrogen and oxygen atoms in total. The molecular weight excluding hydrogens is 357 g/mol. The summed E-state index contributed by atoms with van der Waals surface area (Å²) in [5.41, 5.74) is 4.78. The maximum absolute atomic E-state index is 12.7. The van der Waals surface area contributed by atoms with Gasteiger partial charge in [0.2, 0.25) is 0 Å². The number of amides is 1. The Balaban J connectivity index is 1.56. The number of halogens is 2. The van der Waals surface area contributed by atoms with E-state index in [0.29, 0.717) is 28.7 Å². The molecule has 0 aliphatic carbocycles. The third-order valence-corrected chi connectivity index (χ3v) is 4.99. The van der Waals surface area contributed by atoms with E-state index >= 15 is 0 Å². The molecule has 3 heterocycles. The highest BCUT2D eigenvalue weighted by atomic mass is 35.5. The standard InChI is InChI=1S/C19H15Cl2N3O/c20-13-3-4-14(16(21)10-13)19(25)24-8-5-12(6-9-24)15-11-23-17-2-1-7-22-18(15)17/h1-5,7,10-11,23H,6,8-9H2. The predicted octanol–water partition coefficient (Wildman–Crippen LogP) is 4.80. The van der Waals surface area contributed by atoms with E-state index in [0.717, 1.165) is 23.0 Å². The Morgan fingerprint density at radius 1 is 1.24 bits per heavy atom. The number of nitrogens with one attached hydrogen (secondary N) is 1. The predicted molar refractivity (Wildman–Crippen MR) is 101 cm³/mol. The number of carbonyl (C=O) groups is 1. The molecule has 0 saturated carbocycles. The van der Waals surface area contributed by atoms with Crippen LogP contribution in [-0.2, 0) is 0 Å². The van der Waals surface area contributed by atoms with Crippen molar-refractivity contribution in [2.24, 2.45) is 0 Å². The highest BCUT2D eigenvalue weighted by molar-refractivity contribution is 6.36. The molecule has 3 aromatic rings. The average molecular weight is 372 g/mol. The fourth-order valence-electron chi connectivity index (χ4n) is 3.13. The van der Waals surface area contributed by atoms with Crippen molar-refractivity contribution in [3.8, 4) is 0 Å². The van der Waals surface area contributed by atoms with Gasteiger partial charge in [-0.25, -0.2) is 0 Å². The lowest BCUT2D eigenvalue weighted by Gasteiger charge is -2.26. The van der Waals surface area contributed by atoms with Gasteiger partial charge in [0.1, 0.15) is 0 Å². The number of aromatic nitrogens is 2. The molecule has 25 heavy (non-hydrogen) atoms. The summed E-state index contributed by atoms with van der Waals surface area (Å²) >= 11 is 12.1. The van der Waals surface area contributed by atoms with Gasteiger partial charge in [-0.1, -0.05) is 29.3 Å². The van der Waals surface area contributed by atoms with E-state index in [9.17, 15) is 4.79 Å². The van der Waals surface area contributed by atoms with Gasteiger partial charge >= 0.3 is 0 Å². The van der Waals surface area contributed by atoms with E-state index in [-0.39, 0.29) is 5.91 Å². The molecule has 1 aliphatic rings. The summed E-state index contributed by atoms with van der Waals surface area (Å²) in [6.45, 7) is 1.19. The lowest BCUT2D eigenvalue weighted by molar-refractivity contribution is 0.0773. The summed E-state index contributed by atoms with van der Waals surface area (Å²) in [4.78, 5) is 22.2. The summed E-state index contributed by atoms with van der Waals surface area (Å²) in [5.74, 6) is -0.0750. The van der Waals surface area contributed by atoms with Crippen LogP contribution in [0.1, 0.15) is 22.3 Å². The molecule has 0 fully saturated rings. The third-order valence-electron chi connectivity index (χ3n) is 4.44. The van der Waals surface area contributed by atoms with Crippen LogP contribution >= 0.6 is 23.2 Å². The number of hydrogen-bond donors (Lipinski definition) is 1. The minimum Gasteiger partial charge on any atom is -0.359 e. The number of rotatable bonds is 2. The monoisotopic (exact) mass is 371 g/mol. The van der Waals surface area contributed by atoms with Gasteiger partial charge in [0.25, 0.3) is 5.91 Å². The molecule has 0 saturated heterocycles. The lowest BCUT2D eigenvalue weighted by Crippen LogP contribution is -2.34. The largest absolute Gasteiger partial charge is 0.359 e. The van der Waals surface area contributed by atoms with Gasteiger partial charge in [-0.05, 0) is 42.3 Å². The van der Waals surface area contributed by atoms with Crippen molar-refractivity contribution in [1.82, 2.24) is 14.9 Å². The van der Waals surface area contributed by atoms with Crippen LogP contribution in [-0.4, -0.2) is 33.9 Å². The molecule has 1 aromatic carbocycles. The molecule has 0 spiro atoms. The van der Waals surface area contributed by atoms with Gasteiger partial charge in [0, 0.05) is 36.1 Å². The Kier molecular flexibility index (Phi) is 4.24. The number of fused-ring (bicyclic) bond motifs is 1. The van der Waals surface area contributed by atoms with Crippen LogP contribution in [0.2, 0.25) is 10.0 Å². The molecule has 0 atom stereocenters. The van der Waals surface area contributed by atoms with E-state index in [2.05, 4.69) is 16.0 Å². The second-order valence-corrected chi connectivity index (χ2v) is 6.80. The number of aromatic amines is 1. The molecule has 1 N–H and O–H groups in total. The van der Waals surface area contributed by atoms with Crippen molar-refractivity contribution in [2.75, 3.05) is 13.1 Å². The van der Waals surface area contributed by atoms with Gasteiger partial charge in [-0.2, -0.15) is 0 Å². The van der Waals surface area contributed by atoms with E-state index in [1.807, 2.05) is 18.3 Å². The molecular formula is C19H15Cl2N3O. The van der Waals surface area contributed by atoms with E-state index in [1.54, 1.807) is 29.3 Å². The summed E-state index contributed by atoms with van der Waals surface area (Å²) < 4.78 is 0. The average Bonchev–Trinajstić information content (AvgIpc) is 3.05. The highest BCUT2D eigenvalue weighted by Crippen LogP contribution is 2.29. The number of carbonyl (C=O) groups excluding carboxylic acids is 1. The SMILES string of the molecule is O=C(c1ccc(Cl)cc1Cl)N1CC=C(c2c[nH]c3cccnc23)CC1. The van der Waals surface area contributed by atoms with E-state index in [1.165, 1.54) is 5.57 Å². The molecule has 0 unspecified atom stereocenters. The van der Waals surface area contributed by atoms with Crippen LogP contribution < -0.4 is 0 Å². The van der Waals surface area contributed by atoms with Crippen molar-refractivity contribution in [3.63, 3.8) is 0 Å². The molecule has 126 valence electrons. The quantitative estimate of drug-likeness (QED) is 0.703. The molecule has 0 bridgehead atoms. The fraction of sp³-hybridized carbons (Fsp3) is 0.158. The van der Waals surface area contributed by atoms with Crippen LogP contribution in [0.3, 0.4) is 0 Å². The number of H-pyrrole nitrogens is 1. The second-order valence-electron chi connectivity index (χ2n) is 5.96. The van der Waals surface area contributed by atoms with Crippen molar-refractivity contribution in [1.29, 1.82) is 0 Å². The van der Waals surface area contributed by atoms with Crippen LogP contribution in [0, 0.1) is 0 Å². The first-order valence-electron chi connectivity index (χ1n) is 7.99. The number of nitrogens with zero attached hydrogens (tertiary/aromatic N) is 2. The molecule has 0 radical (unpaired) electrons. The Morgan fingerprint density at radius 3 is 2.88 bits per heavy atom. The summed E-state index contributed by atoms with van der Waals surface area (Å²) in [6.07, 6.45) is 6.64. The first-order valence-corrected chi connectivity index (χ1v) is 8.75. The molecule has 1 aliphatic heterocycles. The zero-order valence-electron chi connectivity index (χ0n) is 13.3. The topological polar surface area (TPSA) is 49.0 Å². The van der Waals surface area contributed by atoms with Crippen molar-refractivity contribution < 1.29 is 4.79 Å². The lowest BCUT2D eigenvalue weighted by atomic mass is 10.0. The summed E-state index contributed by atoms with van der Waals surface area (Å²) in [7, 11) is 0. The number of benzene rings is 1. The number of hydrogen-bond acceptors (Lipinski definition) is 2. The van der Waals surface area contributed by atoms with Crippen LogP contribution in [0.4, 0.5) is 0 Å². The second kappa shape index (κ2) is 6.54. The van der Waals surface area contributed by atoms with Gasteiger partial charge in [-0.3, -0.25) is 9.78 Å². The van der Waals surface area contributed by atoms with Crippen LogP contribution in [0.25, 0.3) is 16.6 Å². The minimum absolute atomic E-state index is 0.0750. The molecule has 1 amide bonds. The summed E-state index contributed by atoms with van der Waals surface area (Å²) in [6, 6.07) is 8.88. The van der Waals surface area contributed by atoms with Crippen LogP contribution in [0.5, 0.6) is 0 Å². The van der Waals surface area contributed by atoms with Crippen molar-refractivity contribution in [2.45, 2.75) is 6.42 Å². The zero-order valence-corrected chi connectivity index (χ0v) is 14.8. The third kappa shape index (κ3) is 3.03. The first-order chi connectivity index (χ1) is 12.1. The maximum Gasteiger partial charge on any atom is 0.255 e. The van der Waals surface area contributed by atoms with E-state index < -0.39 is 0 Å². The number of pyridine rings is 1. The Labute approximate surface area is 155 Å². The van der Waals surface area contributed by atoms with Gasteiger partial charge < -0.3 is 9.88 Å². The van der Waals surface area contributed by atoms with Crippen LogP contribution in [0.15, 0.2) is 48.8 Å². The van der Waals surface area contributed by atoms with Crippen molar-refractivity contribution in [3.05, 3.63) is 70.0 Å². The first kappa shape index (κ1) is 16.2. The zero-order chi connectivity index (χ0) is 17.4. The fourth-order valence-corrected chi connectivity index (χ4v) is 3.62. The van der Waals surface area contributed by atoms with Gasteiger partial charge in [0.05, 0.1) is 21.6 Å².